The monoisotopic (exact) mass is 192 g/mol. The third-order valence-electron chi connectivity index (χ3n) is 1.90. The molecule has 0 fully saturated rings. The highest BCUT2D eigenvalue weighted by Gasteiger charge is 2.19. The molecule has 3 heteroatoms. The third-order valence-corrected chi connectivity index (χ3v) is 3.45. The summed E-state index contributed by atoms with van der Waals surface area (Å²) in [6.07, 6.45) is 3.47. The van der Waals surface area contributed by atoms with Crippen molar-refractivity contribution in [1.29, 1.82) is 0 Å². The van der Waals surface area contributed by atoms with Gasteiger partial charge in [0.1, 0.15) is 10.5 Å². The first-order valence-electron chi connectivity index (χ1n) is 4.25. The normalized spacial score (nSPS) is 15.3. The zero-order valence-corrected chi connectivity index (χ0v) is 10.9. The maximum absolute atomic E-state index is 5.44. The Morgan fingerprint density at radius 2 is 2.09 bits per heavy atom. The van der Waals surface area contributed by atoms with E-state index in [0.29, 0.717) is 5.25 Å². The lowest BCUT2D eigenvalue weighted by atomic mass is 10.0. The Morgan fingerprint density at radius 3 is 2.45 bits per heavy atom. The van der Waals surface area contributed by atoms with Crippen molar-refractivity contribution in [1.82, 2.24) is 0 Å². The van der Waals surface area contributed by atoms with Gasteiger partial charge in [0.2, 0.25) is 0 Å². The zero-order valence-electron chi connectivity index (χ0n) is 8.05. The summed E-state index contributed by atoms with van der Waals surface area (Å²) < 4.78 is 5.44. The minimum absolute atomic E-state index is 0.0494. The standard InChI is InChI=1S/C8H20OSSi/c1-4-5-7(10)6-8(2,3)9-11/h7,10H,4-6H2,1-3,11H3. The molecule has 11 heavy (non-hydrogen) atoms. The van der Waals surface area contributed by atoms with Crippen molar-refractivity contribution in [3.05, 3.63) is 0 Å². The smallest absolute Gasteiger partial charge is 0.146 e. The minimum Gasteiger partial charge on any atom is -0.423 e. The fourth-order valence-electron chi connectivity index (χ4n) is 1.09. The summed E-state index contributed by atoms with van der Waals surface area (Å²) in [5, 5.41) is 0.504. The van der Waals surface area contributed by atoms with Gasteiger partial charge in [-0.15, -0.1) is 0 Å². The van der Waals surface area contributed by atoms with Gasteiger partial charge in [-0.25, -0.2) is 0 Å². The van der Waals surface area contributed by atoms with Crippen molar-refractivity contribution in [3.8, 4) is 0 Å². The van der Waals surface area contributed by atoms with Gasteiger partial charge in [0.05, 0.1) is 5.60 Å². The molecule has 0 saturated carbocycles. The molecule has 0 heterocycles. The van der Waals surface area contributed by atoms with Crippen LogP contribution < -0.4 is 0 Å². The Bertz CT molecular complexity index is 106. The second kappa shape index (κ2) is 5.22. The molecule has 68 valence electrons. The molecule has 0 aromatic carbocycles. The Morgan fingerprint density at radius 1 is 1.55 bits per heavy atom. The van der Waals surface area contributed by atoms with Gasteiger partial charge in [-0.05, 0) is 26.7 Å². The quantitative estimate of drug-likeness (QED) is 0.514. The summed E-state index contributed by atoms with van der Waals surface area (Å²) in [7, 11) is 0.823. The van der Waals surface area contributed by atoms with Crippen LogP contribution in [-0.2, 0) is 4.43 Å². The molecule has 0 aliphatic rings. The lowest BCUT2D eigenvalue weighted by Crippen LogP contribution is -2.27. The molecule has 0 aliphatic heterocycles. The predicted octanol–water partition coefficient (Wildman–Crippen LogP) is 1.55. The van der Waals surface area contributed by atoms with Crippen molar-refractivity contribution < 1.29 is 4.43 Å². The average molecular weight is 192 g/mol. The van der Waals surface area contributed by atoms with Crippen molar-refractivity contribution >= 4 is 23.1 Å². The summed E-state index contributed by atoms with van der Waals surface area (Å²) >= 11 is 4.49. The molecule has 0 rings (SSSR count). The zero-order chi connectivity index (χ0) is 8.91. The van der Waals surface area contributed by atoms with Crippen LogP contribution in [0.25, 0.3) is 0 Å². The summed E-state index contributed by atoms with van der Waals surface area (Å²) in [5.41, 5.74) is 0.0494. The second-order valence-electron chi connectivity index (χ2n) is 3.61. The third kappa shape index (κ3) is 5.76. The average Bonchev–Trinajstić information content (AvgIpc) is 1.87. The van der Waals surface area contributed by atoms with Crippen LogP contribution in [0.3, 0.4) is 0 Å². The first-order valence-corrected chi connectivity index (χ1v) is 5.58. The van der Waals surface area contributed by atoms with Crippen LogP contribution in [0.4, 0.5) is 0 Å². The van der Waals surface area contributed by atoms with Crippen molar-refractivity contribution in [2.45, 2.75) is 50.9 Å². The minimum atomic E-state index is 0.0494. The number of thiol groups is 1. The van der Waals surface area contributed by atoms with Crippen LogP contribution in [0.2, 0.25) is 0 Å². The van der Waals surface area contributed by atoms with Crippen molar-refractivity contribution in [2.75, 3.05) is 0 Å². The highest BCUT2D eigenvalue weighted by molar-refractivity contribution is 7.80. The van der Waals surface area contributed by atoms with E-state index in [1.165, 1.54) is 12.8 Å². The second-order valence-corrected chi connectivity index (χ2v) is 4.75. The fraction of sp³-hybridized carbons (Fsp3) is 1.00. The van der Waals surface area contributed by atoms with Crippen LogP contribution in [0, 0.1) is 0 Å². The predicted molar refractivity (Wildman–Crippen MR) is 57.4 cm³/mol. The number of rotatable bonds is 5. The molecule has 0 aromatic heterocycles. The molecular weight excluding hydrogens is 172 g/mol. The van der Waals surface area contributed by atoms with E-state index < -0.39 is 0 Å². The highest BCUT2D eigenvalue weighted by atomic mass is 32.1. The van der Waals surface area contributed by atoms with E-state index in [9.17, 15) is 0 Å². The van der Waals surface area contributed by atoms with Gasteiger partial charge in [-0.1, -0.05) is 13.3 Å². The Labute approximate surface area is 78.9 Å². The van der Waals surface area contributed by atoms with E-state index in [2.05, 4.69) is 33.4 Å². The summed E-state index contributed by atoms with van der Waals surface area (Å²) in [4.78, 5) is 0. The summed E-state index contributed by atoms with van der Waals surface area (Å²) in [5.74, 6) is 0. The van der Waals surface area contributed by atoms with Gasteiger partial charge < -0.3 is 4.43 Å². The molecule has 0 saturated heterocycles. The maximum atomic E-state index is 5.44. The molecular formula is C8H20OSSi. The fourth-order valence-corrected chi connectivity index (χ4v) is 1.95. The SMILES string of the molecule is CCCC(S)CC(C)(C)O[SiH3]. The van der Waals surface area contributed by atoms with Crippen LogP contribution in [0.5, 0.6) is 0 Å². The Kier molecular flexibility index (Phi) is 5.47. The van der Waals surface area contributed by atoms with Gasteiger partial charge in [0.25, 0.3) is 0 Å². The highest BCUT2D eigenvalue weighted by Crippen LogP contribution is 2.21. The first kappa shape index (κ1) is 11.5. The number of hydrogen-bond donors (Lipinski definition) is 1. The van der Waals surface area contributed by atoms with Crippen LogP contribution in [0.15, 0.2) is 0 Å². The van der Waals surface area contributed by atoms with Crippen molar-refractivity contribution in [3.63, 3.8) is 0 Å². The van der Waals surface area contributed by atoms with Gasteiger partial charge in [-0.3, -0.25) is 0 Å². The van der Waals surface area contributed by atoms with Gasteiger partial charge in [0.15, 0.2) is 0 Å². The largest absolute Gasteiger partial charge is 0.423 e. The molecule has 0 radical (unpaired) electrons. The topological polar surface area (TPSA) is 9.23 Å². The Hall–Kier alpha value is 0.527. The van der Waals surface area contributed by atoms with Gasteiger partial charge in [0, 0.05) is 5.25 Å². The molecule has 1 nitrogen and oxygen atoms in total. The summed E-state index contributed by atoms with van der Waals surface area (Å²) in [6, 6.07) is 0. The van der Waals surface area contributed by atoms with Crippen LogP contribution in [0.1, 0.15) is 40.0 Å². The van der Waals surface area contributed by atoms with E-state index in [1.54, 1.807) is 0 Å². The maximum Gasteiger partial charge on any atom is 0.146 e. The Balaban J connectivity index is 3.64. The molecule has 0 aromatic rings. The van der Waals surface area contributed by atoms with Crippen molar-refractivity contribution in [2.24, 2.45) is 0 Å². The van der Waals surface area contributed by atoms with E-state index in [1.807, 2.05) is 0 Å². The van der Waals surface area contributed by atoms with Gasteiger partial charge >= 0.3 is 0 Å². The van der Waals surface area contributed by atoms with E-state index in [-0.39, 0.29) is 5.60 Å². The van der Waals surface area contributed by atoms with Crippen LogP contribution >= 0.6 is 12.6 Å². The molecule has 0 bridgehead atoms. The van der Waals surface area contributed by atoms with E-state index in [4.69, 9.17) is 4.43 Å². The van der Waals surface area contributed by atoms with E-state index >= 15 is 0 Å². The van der Waals surface area contributed by atoms with Crippen LogP contribution in [-0.4, -0.2) is 21.3 Å². The lowest BCUT2D eigenvalue weighted by Gasteiger charge is -2.26. The first-order chi connectivity index (χ1) is 5.02. The van der Waals surface area contributed by atoms with E-state index in [0.717, 1.165) is 16.9 Å². The molecule has 1 unspecified atom stereocenters. The van der Waals surface area contributed by atoms with Gasteiger partial charge in [-0.2, -0.15) is 12.6 Å². The molecule has 0 amide bonds. The number of hydrogen-bond acceptors (Lipinski definition) is 2. The molecule has 1 atom stereocenters. The molecule has 0 N–H and O–H groups in total. The summed E-state index contributed by atoms with van der Waals surface area (Å²) in [6.45, 7) is 6.47. The molecule has 0 aliphatic carbocycles. The molecule has 0 spiro atoms. The lowest BCUT2D eigenvalue weighted by molar-refractivity contribution is 0.111.